The Balaban J connectivity index is 2.48. The molecule has 1 rings (SSSR count). The minimum atomic E-state index is -0.667. The lowest BCUT2D eigenvalue weighted by molar-refractivity contribution is -0.495. The summed E-state index contributed by atoms with van der Waals surface area (Å²) in [4.78, 5) is 9.49. The van der Waals surface area contributed by atoms with E-state index >= 15 is 0 Å². The predicted octanol–water partition coefficient (Wildman–Crippen LogP) is 0.241. The average Bonchev–Trinajstić information content (AvgIpc) is 2.12. The summed E-state index contributed by atoms with van der Waals surface area (Å²) >= 11 is 1.18. The molecule has 0 saturated carbocycles. The van der Waals surface area contributed by atoms with Crippen molar-refractivity contribution >= 4 is 18.2 Å². The largest absolute Gasteiger partial charge is 0.268 e. The number of hydrogen-bond donors (Lipinski definition) is 0. The van der Waals surface area contributed by atoms with Gasteiger partial charge in [-0.3, -0.25) is 10.1 Å². The molecule has 0 aliphatic carbocycles. The van der Waals surface area contributed by atoms with Crippen LogP contribution in [0.1, 0.15) is 0 Å². The van der Waals surface area contributed by atoms with Crippen molar-refractivity contribution in [3.63, 3.8) is 0 Å². The van der Waals surface area contributed by atoms with Crippen molar-refractivity contribution < 1.29 is 4.92 Å². The fraction of sp³-hybridized carbons (Fsp3) is 0.667. The molecule has 1 aliphatic rings. The maximum absolute atomic E-state index is 9.87. The van der Waals surface area contributed by atoms with Crippen LogP contribution in [-0.2, 0) is 0 Å². The third-order valence-corrected chi connectivity index (χ3v) is 1.45. The second kappa shape index (κ2) is 2.13. The van der Waals surface area contributed by atoms with Gasteiger partial charge in [0.15, 0.2) is 6.21 Å². The van der Waals surface area contributed by atoms with Crippen molar-refractivity contribution in [3.05, 3.63) is 10.1 Å². The second-order valence-electron chi connectivity index (χ2n) is 1.32. The highest BCUT2D eigenvalue weighted by molar-refractivity contribution is 7.98. The van der Waals surface area contributed by atoms with Gasteiger partial charge >= 0.3 is 0 Å². The first-order valence-corrected chi connectivity index (χ1v) is 2.96. The summed E-state index contributed by atoms with van der Waals surface area (Å²) in [5.74, 6) is 0.438. The van der Waals surface area contributed by atoms with E-state index in [0.29, 0.717) is 5.75 Å². The summed E-state index contributed by atoms with van der Waals surface area (Å²) in [7, 11) is 0. The van der Waals surface area contributed by atoms with E-state index in [4.69, 9.17) is 0 Å². The molecule has 0 saturated heterocycles. The Bertz CT molecular complexity index is 135. The Hall–Kier alpha value is -0.580. The molecule has 4 nitrogen and oxygen atoms in total. The first-order valence-electron chi connectivity index (χ1n) is 2.02. The molecule has 1 heterocycles. The van der Waals surface area contributed by atoms with Crippen LogP contribution < -0.4 is 0 Å². The fourth-order valence-corrected chi connectivity index (χ4v) is 0.959. The van der Waals surface area contributed by atoms with E-state index in [-0.39, 0.29) is 4.92 Å². The van der Waals surface area contributed by atoms with Crippen molar-refractivity contribution in [1.82, 2.24) is 0 Å². The number of hydrogen-bond acceptors (Lipinski definition) is 4. The molecule has 1 radical (unpaired) electrons. The lowest BCUT2D eigenvalue weighted by atomic mass is 10.4. The van der Waals surface area contributed by atoms with E-state index < -0.39 is 6.04 Å². The van der Waals surface area contributed by atoms with Crippen LogP contribution in [0.5, 0.6) is 0 Å². The lowest BCUT2D eigenvalue weighted by Gasteiger charge is -1.90. The normalized spacial score (nSPS) is 26.2. The molecule has 0 bridgehead atoms. The predicted molar refractivity (Wildman–Crippen MR) is 30.7 cm³/mol. The zero-order valence-electron chi connectivity index (χ0n) is 3.90. The summed E-state index contributed by atoms with van der Waals surface area (Å²) in [5.41, 5.74) is 0. The van der Waals surface area contributed by atoms with E-state index in [1.54, 1.807) is 0 Å². The molecule has 0 aromatic heterocycles. The Morgan fingerprint density at radius 1 is 2.00 bits per heavy atom. The SMILES string of the molecule is O=[N+]([O-])C1[C]=NSC1. The standard InChI is InChI=1S/C3H3N2O2S/c6-5(7)3-1-4-8-2-3/h3H,2H2. The van der Waals surface area contributed by atoms with E-state index in [9.17, 15) is 10.1 Å². The molecule has 0 fully saturated rings. The van der Waals surface area contributed by atoms with Gasteiger partial charge in [0.05, 0.1) is 5.75 Å². The molecule has 8 heavy (non-hydrogen) atoms. The molecule has 0 amide bonds. The topological polar surface area (TPSA) is 55.5 Å². The van der Waals surface area contributed by atoms with E-state index in [1.807, 2.05) is 0 Å². The minimum Gasteiger partial charge on any atom is -0.264 e. The van der Waals surface area contributed by atoms with Crippen LogP contribution in [0.4, 0.5) is 0 Å². The third kappa shape index (κ3) is 0.975. The van der Waals surface area contributed by atoms with Gasteiger partial charge in [-0.1, -0.05) is 0 Å². The number of nitro groups is 1. The minimum absolute atomic E-state index is 0.385. The van der Waals surface area contributed by atoms with Gasteiger partial charge in [-0.2, -0.15) is 0 Å². The molecule has 1 aliphatic heterocycles. The van der Waals surface area contributed by atoms with Gasteiger partial charge < -0.3 is 0 Å². The Labute approximate surface area is 50.3 Å². The smallest absolute Gasteiger partial charge is 0.264 e. The van der Waals surface area contributed by atoms with E-state index in [1.165, 1.54) is 11.9 Å². The van der Waals surface area contributed by atoms with Crippen LogP contribution in [0.15, 0.2) is 4.40 Å². The molecule has 0 N–H and O–H groups in total. The molecule has 1 atom stereocenters. The maximum Gasteiger partial charge on any atom is 0.268 e. The highest BCUT2D eigenvalue weighted by atomic mass is 32.2. The fourth-order valence-electron chi connectivity index (χ4n) is 0.351. The van der Waals surface area contributed by atoms with Gasteiger partial charge in [0, 0.05) is 4.92 Å². The third-order valence-electron chi connectivity index (χ3n) is 0.753. The molecule has 0 aromatic rings. The Morgan fingerprint density at radius 3 is 3.00 bits per heavy atom. The van der Waals surface area contributed by atoms with Crippen LogP contribution in [0, 0.1) is 10.1 Å². The summed E-state index contributed by atoms with van der Waals surface area (Å²) in [5, 5.41) is 9.87. The summed E-state index contributed by atoms with van der Waals surface area (Å²) in [6.07, 6.45) is 2.34. The molecular formula is C3H3N2O2S. The summed E-state index contributed by atoms with van der Waals surface area (Å²) < 4.78 is 3.51. The van der Waals surface area contributed by atoms with Crippen LogP contribution in [0.2, 0.25) is 0 Å². The van der Waals surface area contributed by atoms with Crippen molar-refractivity contribution in [1.29, 1.82) is 0 Å². The molecule has 0 aromatic carbocycles. The molecule has 0 spiro atoms. The van der Waals surface area contributed by atoms with Crippen LogP contribution >= 0.6 is 11.9 Å². The van der Waals surface area contributed by atoms with Gasteiger partial charge in [0.2, 0.25) is 0 Å². The molecule has 43 valence electrons. The van der Waals surface area contributed by atoms with Crippen LogP contribution in [-0.4, -0.2) is 22.9 Å². The second-order valence-corrected chi connectivity index (χ2v) is 2.09. The van der Waals surface area contributed by atoms with Crippen molar-refractivity contribution in [2.45, 2.75) is 6.04 Å². The van der Waals surface area contributed by atoms with Gasteiger partial charge in [-0.05, 0) is 11.9 Å². The van der Waals surface area contributed by atoms with Crippen LogP contribution in [0.3, 0.4) is 0 Å². The first-order chi connectivity index (χ1) is 3.80. The van der Waals surface area contributed by atoms with E-state index in [0.717, 1.165) is 0 Å². The van der Waals surface area contributed by atoms with Crippen molar-refractivity contribution in [2.24, 2.45) is 4.40 Å². The summed E-state index contributed by atoms with van der Waals surface area (Å²) in [6.45, 7) is 0. The Kier molecular flexibility index (Phi) is 1.48. The molecule has 5 heteroatoms. The zero-order chi connectivity index (χ0) is 5.98. The summed E-state index contributed by atoms with van der Waals surface area (Å²) in [6, 6.07) is -0.667. The number of nitrogens with zero attached hydrogens (tertiary/aromatic N) is 2. The van der Waals surface area contributed by atoms with Crippen molar-refractivity contribution in [3.8, 4) is 0 Å². The lowest BCUT2D eigenvalue weighted by Crippen LogP contribution is -2.19. The highest BCUT2D eigenvalue weighted by Crippen LogP contribution is 2.11. The monoisotopic (exact) mass is 131 g/mol. The van der Waals surface area contributed by atoms with Gasteiger partial charge in [-0.25, -0.2) is 4.40 Å². The van der Waals surface area contributed by atoms with Gasteiger partial charge in [-0.15, -0.1) is 0 Å². The Morgan fingerprint density at radius 2 is 2.75 bits per heavy atom. The van der Waals surface area contributed by atoms with Gasteiger partial charge in [0.25, 0.3) is 6.04 Å². The highest BCUT2D eigenvalue weighted by Gasteiger charge is 2.22. The average molecular weight is 131 g/mol. The first kappa shape index (κ1) is 5.55. The molecule has 1 unspecified atom stereocenters. The van der Waals surface area contributed by atoms with Gasteiger partial charge in [0.1, 0.15) is 0 Å². The van der Waals surface area contributed by atoms with Crippen LogP contribution in [0.25, 0.3) is 0 Å². The quantitative estimate of drug-likeness (QED) is 0.291. The zero-order valence-corrected chi connectivity index (χ0v) is 4.72. The molecular weight excluding hydrogens is 128 g/mol. The van der Waals surface area contributed by atoms with Crippen molar-refractivity contribution in [2.75, 3.05) is 5.75 Å². The number of rotatable bonds is 1. The maximum atomic E-state index is 9.87. The van der Waals surface area contributed by atoms with E-state index in [2.05, 4.69) is 10.6 Å².